The number of carbonyl (C=O) groups is 1. The van der Waals surface area contributed by atoms with E-state index in [-0.39, 0.29) is 0 Å². The third-order valence-electron chi connectivity index (χ3n) is 6.95. The molecule has 1 saturated heterocycles. The third kappa shape index (κ3) is 5.69. The standard InChI is InChI=1S/C30H34ClN5O3S/c1-17-14-22-26(40-27(33-22)21-12-13-32-29(34-21)36-15-20(16-36)35(5)6)24(18-8-10-19(31)11-9-18)23(17)25(28(37)38-7)39-30(2,3)4/h8-14,20,25H,15-16H2,1-7H3/t25-/m0/s1. The number of methoxy groups -OCH3 is 1. The van der Waals surface area contributed by atoms with Crippen LogP contribution in [-0.4, -0.2) is 71.8 Å². The number of carbonyl (C=O) groups excluding carboxylic acids is 1. The van der Waals surface area contributed by atoms with E-state index in [9.17, 15) is 4.79 Å². The summed E-state index contributed by atoms with van der Waals surface area (Å²) in [5.74, 6) is 0.248. The summed E-state index contributed by atoms with van der Waals surface area (Å²) in [7, 11) is 5.56. The molecule has 210 valence electrons. The topological polar surface area (TPSA) is 80.7 Å². The minimum Gasteiger partial charge on any atom is -0.467 e. The van der Waals surface area contributed by atoms with E-state index in [1.54, 1.807) is 6.20 Å². The van der Waals surface area contributed by atoms with Gasteiger partial charge in [-0.25, -0.2) is 19.7 Å². The molecule has 8 nitrogen and oxygen atoms in total. The number of benzene rings is 2. The quantitative estimate of drug-likeness (QED) is 0.241. The van der Waals surface area contributed by atoms with Crippen molar-refractivity contribution in [3.63, 3.8) is 0 Å². The Labute approximate surface area is 243 Å². The lowest BCUT2D eigenvalue weighted by Gasteiger charge is -2.42. The van der Waals surface area contributed by atoms with Gasteiger partial charge in [0, 0.05) is 41.5 Å². The normalized spacial score (nSPS) is 15.0. The molecule has 0 spiro atoms. The second-order valence-corrected chi connectivity index (χ2v) is 12.7. The Bertz CT molecular complexity index is 1540. The van der Waals surface area contributed by atoms with E-state index in [2.05, 4.69) is 28.9 Å². The van der Waals surface area contributed by atoms with Gasteiger partial charge in [0.25, 0.3) is 0 Å². The van der Waals surface area contributed by atoms with Crippen LogP contribution in [0.2, 0.25) is 5.02 Å². The molecular weight excluding hydrogens is 546 g/mol. The van der Waals surface area contributed by atoms with Crippen LogP contribution in [0.4, 0.5) is 5.95 Å². The highest BCUT2D eigenvalue weighted by atomic mass is 35.5. The Morgan fingerprint density at radius 1 is 1.15 bits per heavy atom. The van der Waals surface area contributed by atoms with Gasteiger partial charge >= 0.3 is 5.97 Å². The largest absolute Gasteiger partial charge is 0.467 e. The summed E-state index contributed by atoms with van der Waals surface area (Å²) >= 11 is 7.79. The number of aromatic nitrogens is 3. The second-order valence-electron chi connectivity index (χ2n) is 11.3. The van der Waals surface area contributed by atoms with Crippen molar-refractivity contribution in [1.29, 1.82) is 0 Å². The summed E-state index contributed by atoms with van der Waals surface area (Å²) in [4.78, 5) is 31.9. The van der Waals surface area contributed by atoms with Crippen LogP contribution in [-0.2, 0) is 14.3 Å². The minimum atomic E-state index is -0.924. The molecule has 0 aliphatic carbocycles. The van der Waals surface area contributed by atoms with E-state index in [1.165, 1.54) is 18.4 Å². The molecule has 0 radical (unpaired) electrons. The van der Waals surface area contributed by atoms with Crippen molar-refractivity contribution in [3.05, 3.63) is 58.7 Å². The number of nitrogens with zero attached hydrogens (tertiary/aromatic N) is 5. The summed E-state index contributed by atoms with van der Waals surface area (Å²) in [5.41, 5.74) is 4.42. The van der Waals surface area contributed by atoms with Gasteiger partial charge in [0.2, 0.25) is 5.95 Å². The molecule has 1 aliphatic heterocycles. The maximum absolute atomic E-state index is 13.1. The Balaban J connectivity index is 1.66. The second kappa shape index (κ2) is 11.0. The molecule has 0 bridgehead atoms. The number of fused-ring (bicyclic) bond motifs is 1. The van der Waals surface area contributed by atoms with Gasteiger partial charge in [-0.15, -0.1) is 11.3 Å². The molecule has 5 rings (SSSR count). The minimum absolute atomic E-state index is 0.455. The number of hydrogen-bond donors (Lipinski definition) is 0. The summed E-state index contributed by atoms with van der Waals surface area (Å²) in [6, 6.07) is 12.0. The molecule has 4 aromatic rings. The molecule has 1 aliphatic rings. The first kappa shape index (κ1) is 28.4. The predicted octanol–water partition coefficient (Wildman–Crippen LogP) is 6.16. The van der Waals surface area contributed by atoms with Crippen molar-refractivity contribution >= 4 is 45.1 Å². The lowest BCUT2D eigenvalue weighted by molar-refractivity contribution is -0.164. The zero-order valence-electron chi connectivity index (χ0n) is 23.9. The number of esters is 1. The van der Waals surface area contributed by atoms with Crippen LogP contribution < -0.4 is 4.90 Å². The highest BCUT2D eigenvalue weighted by molar-refractivity contribution is 7.22. The van der Waals surface area contributed by atoms with Crippen molar-refractivity contribution in [2.24, 2.45) is 0 Å². The summed E-state index contributed by atoms with van der Waals surface area (Å²) in [6.07, 6.45) is 0.862. The summed E-state index contributed by atoms with van der Waals surface area (Å²) in [6.45, 7) is 9.53. The van der Waals surface area contributed by atoms with Gasteiger partial charge in [-0.05, 0) is 77.2 Å². The van der Waals surface area contributed by atoms with Crippen LogP contribution in [0.3, 0.4) is 0 Å². The first-order valence-corrected chi connectivity index (χ1v) is 14.3. The van der Waals surface area contributed by atoms with Crippen molar-refractivity contribution in [2.75, 3.05) is 39.2 Å². The summed E-state index contributed by atoms with van der Waals surface area (Å²) < 4.78 is 12.5. The molecule has 3 heterocycles. The monoisotopic (exact) mass is 579 g/mol. The van der Waals surface area contributed by atoms with Crippen molar-refractivity contribution in [1.82, 2.24) is 19.9 Å². The van der Waals surface area contributed by atoms with Crippen molar-refractivity contribution in [2.45, 2.75) is 45.4 Å². The molecule has 2 aromatic heterocycles. The van der Waals surface area contributed by atoms with Crippen LogP contribution in [0.25, 0.3) is 32.0 Å². The molecule has 0 unspecified atom stereocenters. The van der Waals surface area contributed by atoms with Crippen LogP contribution in [0.15, 0.2) is 42.6 Å². The highest BCUT2D eigenvalue weighted by Crippen LogP contribution is 2.44. The molecule has 0 amide bonds. The predicted molar refractivity (Wildman–Crippen MR) is 161 cm³/mol. The molecular formula is C30H34ClN5O3S. The van der Waals surface area contributed by atoms with Gasteiger partial charge in [-0.2, -0.15) is 0 Å². The smallest absolute Gasteiger partial charge is 0.339 e. The molecule has 1 fully saturated rings. The van der Waals surface area contributed by atoms with E-state index in [0.29, 0.717) is 17.0 Å². The Morgan fingerprint density at radius 2 is 1.85 bits per heavy atom. The van der Waals surface area contributed by atoms with E-state index >= 15 is 0 Å². The maximum atomic E-state index is 13.1. The van der Waals surface area contributed by atoms with Crippen LogP contribution in [0.5, 0.6) is 0 Å². The number of aryl methyl sites for hydroxylation is 1. The lowest BCUT2D eigenvalue weighted by atomic mass is 9.91. The molecule has 40 heavy (non-hydrogen) atoms. The lowest BCUT2D eigenvalue weighted by Crippen LogP contribution is -2.58. The van der Waals surface area contributed by atoms with Crippen molar-refractivity contribution < 1.29 is 14.3 Å². The number of halogens is 1. The van der Waals surface area contributed by atoms with Crippen molar-refractivity contribution in [3.8, 4) is 21.8 Å². The maximum Gasteiger partial charge on any atom is 0.339 e. The van der Waals surface area contributed by atoms with Gasteiger partial charge < -0.3 is 19.3 Å². The molecule has 10 heteroatoms. The van der Waals surface area contributed by atoms with Crippen LogP contribution in [0, 0.1) is 6.92 Å². The number of ether oxygens (including phenoxy) is 2. The van der Waals surface area contributed by atoms with E-state index < -0.39 is 17.7 Å². The highest BCUT2D eigenvalue weighted by Gasteiger charge is 2.34. The van der Waals surface area contributed by atoms with Gasteiger partial charge in [-0.1, -0.05) is 23.7 Å². The first-order chi connectivity index (χ1) is 18.9. The fourth-order valence-corrected chi connectivity index (χ4v) is 6.03. The Hall–Kier alpha value is -3.11. The van der Waals surface area contributed by atoms with E-state index in [4.69, 9.17) is 31.0 Å². The van der Waals surface area contributed by atoms with Gasteiger partial charge in [0.1, 0.15) is 10.7 Å². The van der Waals surface area contributed by atoms with Gasteiger partial charge in [0.15, 0.2) is 6.10 Å². The zero-order valence-corrected chi connectivity index (χ0v) is 25.4. The number of thiazole rings is 1. The summed E-state index contributed by atoms with van der Waals surface area (Å²) in [5, 5.41) is 1.41. The number of hydrogen-bond acceptors (Lipinski definition) is 9. The van der Waals surface area contributed by atoms with E-state index in [1.807, 2.05) is 64.1 Å². The zero-order chi connectivity index (χ0) is 28.8. The SMILES string of the molecule is COC(=O)[C@@H](OC(C)(C)C)c1c(C)cc2nc(-c3ccnc(N4CC(N(C)C)C4)n3)sc2c1-c1ccc(Cl)cc1. The van der Waals surface area contributed by atoms with Crippen LogP contribution >= 0.6 is 22.9 Å². The molecule has 2 aromatic carbocycles. The van der Waals surface area contributed by atoms with Gasteiger partial charge in [0.05, 0.1) is 22.9 Å². The molecule has 1 atom stereocenters. The Kier molecular flexibility index (Phi) is 7.85. The number of likely N-dealkylation sites (N-methyl/N-ethyl adjacent to an activating group) is 1. The third-order valence-corrected chi connectivity index (χ3v) is 8.31. The fraction of sp³-hybridized carbons (Fsp3) is 0.400. The van der Waals surface area contributed by atoms with E-state index in [0.717, 1.165) is 56.3 Å². The molecule has 0 N–H and O–H groups in total. The molecule has 0 saturated carbocycles. The van der Waals surface area contributed by atoms with Gasteiger partial charge in [-0.3, -0.25) is 0 Å². The average molecular weight is 580 g/mol. The first-order valence-electron chi connectivity index (χ1n) is 13.2. The average Bonchev–Trinajstić information content (AvgIpc) is 3.29. The fourth-order valence-electron chi connectivity index (χ4n) is 4.81. The Morgan fingerprint density at radius 3 is 2.48 bits per heavy atom. The number of rotatable bonds is 7. The number of anilines is 1. The van der Waals surface area contributed by atoms with Crippen LogP contribution in [0.1, 0.15) is 38.0 Å².